The quantitative estimate of drug-likeness (QED) is 0.536. The maximum atomic E-state index is 10.7. The number of fused-ring (bicyclic) bond motifs is 1. The van der Waals surface area contributed by atoms with E-state index in [2.05, 4.69) is 0 Å². The summed E-state index contributed by atoms with van der Waals surface area (Å²) < 4.78 is 3.40. The van der Waals surface area contributed by atoms with Crippen molar-refractivity contribution < 1.29 is 61.3 Å². The molecule has 0 aliphatic heterocycles. The van der Waals surface area contributed by atoms with Gasteiger partial charge in [0.25, 0.3) is 0 Å². The van der Waals surface area contributed by atoms with Crippen molar-refractivity contribution in [2.75, 3.05) is 0 Å². The molecule has 2 rings (SSSR count). The zero-order chi connectivity index (χ0) is 11.9. The van der Waals surface area contributed by atoms with Crippen LogP contribution in [0.5, 0.6) is 0 Å². The number of aliphatic carboxylic acids is 1. The molecule has 0 saturated carbocycles. The van der Waals surface area contributed by atoms with Crippen molar-refractivity contribution in [1.29, 1.82) is 5.26 Å². The van der Waals surface area contributed by atoms with E-state index < -0.39 is 5.97 Å². The van der Waals surface area contributed by atoms with E-state index in [-0.39, 0.29) is 57.9 Å². The van der Waals surface area contributed by atoms with Crippen molar-refractivity contribution in [3.05, 3.63) is 29.2 Å². The van der Waals surface area contributed by atoms with Gasteiger partial charge in [0.2, 0.25) is 0 Å². The van der Waals surface area contributed by atoms with Gasteiger partial charge < -0.3 is 18.9 Å². The van der Waals surface area contributed by atoms with Gasteiger partial charge in [-0.1, -0.05) is 0 Å². The van der Waals surface area contributed by atoms with Crippen LogP contribution >= 0.6 is 0 Å². The Kier molecular flexibility index (Phi) is 4.58. The van der Waals surface area contributed by atoms with Crippen molar-refractivity contribution >= 4 is 11.6 Å². The maximum Gasteiger partial charge on any atom is 1.00 e. The number of nitriles is 1. The fraction of sp³-hybridized carbons (Fsp3) is 0.273. The molecule has 0 bridgehead atoms. The number of aryl methyl sites for hydroxylation is 1. The first-order valence-corrected chi connectivity index (χ1v) is 4.83. The molecular formula is C11H10KN3O2. The van der Waals surface area contributed by atoms with Gasteiger partial charge in [-0.05, 0) is 19.9 Å². The van der Waals surface area contributed by atoms with Gasteiger partial charge in [0.1, 0.15) is 11.7 Å². The van der Waals surface area contributed by atoms with Gasteiger partial charge in [0.15, 0.2) is 0 Å². The largest absolute Gasteiger partial charge is 1.00 e. The van der Waals surface area contributed by atoms with E-state index in [9.17, 15) is 9.90 Å². The van der Waals surface area contributed by atoms with Gasteiger partial charge in [-0.25, -0.2) is 0 Å². The Labute approximate surface area is 141 Å². The molecule has 0 unspecified atom stereocenters. The molecule has 2 aromatic heterocycles. The van der Waals surface area contributed by atoms with Crippen LogP contribution in [0.2, 0.25) is 0 Å². The van der Waals surface area contributed by atoms with Gasteiger partial charge in [0.05, 0.1) is 18.1 Å². The van der Waals surface area contributed by atoms with Crippen LogP contribution in [-0.2, 0) is 11.3 Å². The summed E-state index contributed by atoms with van der Waals surface area (Å²) in [4.78, 5) is 10.7. The number of hydrogen-bond donors (Lipinski definition) is 0. The van der Waals surface area contributed by atoms with E-state index in [1.807, 2.05) is 24.3 Å². The fourth-order valence-corrected chi connectivity index (χ4v) is 1.91. The Bertz CT molecular complexity index is 619. The molecule has 0 aliphatic carbocycles. The Balaban J connectivity index is 0.00000144. The Morgan fingerprint density at radius 3 is 2.65 bits per heavy atom. The summed E-state index contributed by atoms with van der Waals surface area (Å²) in [5, 5.41) is 19.6. The number of carboxylic acids is 1. The number of imidazole rings is 1. The molecule has 5 nitrogen and oxygen atoms in total. The first-order chi connectivity index (χ1) is 7.56. The summed E-state index contributed by atoms with van der Waals surface area (Å²) in [7, 11) is 0. The molecule has 2 aromatic rings. The van der Waals surface area contributed by atoms with Crippen LogP contribution in [0.3, 0.4) is 0 Å². The maximum absolute atomic E-state index is 10.7. The number of nitrogens with zero attached hydrogens (tertiary/aromatic N) is 3. The van der Waals surface area contributed by atoms with Gasteiger partial charge in [-0.15, -0.1) is 0 Å². The van der Waals surface area contributed by atoms with Crippen LogP contribution < -0.4 is 56.5 Å². The third-order valence-corrected chi connectivity index (χ3v) is 2.81. The zero-order valence-corrected chi connectivity index (χ0v) is 13.1. The van der Waals surface area contributed by atoms with Gasteiger partial charge in [-0.2, -0.15) is 5.26 Å². The van der Waals surface area contributed by atoms with Gasteiger partial charge in [-0.3, -0.25) is 0 Å². The molecule has 0 aromatic carbocycles. The van der Waals surface area contributed by atoms with Gasteiger partial charge in [0, 0.05) is 17.6 Å². The second-order valence-corrected chi connectivity index (χ2v) is 3.66. The molecule has 2 heterocycles. The zero-order valence-electron chi connectivity index (χ0n) is 10.0. The molecule has 6 heteroatoms. The fourth-order valence-electron chi connectivity index (χ4n) is 1.91. The summed E-state index contributed by atoms with van der Waals surface area (Å²) in [6, 6.07) is 3.72. The molecule has 0 aliphatic rings. The van der Waals surface area contributed by atoms with Crippen LogP contribution in [0.25, 0.3) is 5.65 Å². The number of carboxylic acid groups (broad SMARTS) is 1. The Morgan fingerprint density at radius 2 is 2.12 bits per heavy atom. The summed E-state index contributed by atoms with van der Waals surface area (Å²) in [6.45, 7) is 3.48. The average Bonchev–Trinajstić information content (AvgIpc) is 2.74. The number of hydrogen-bond acceptors (Lipinski definition) is 3. The minimum Gasteiger partial charge on any atom is -0.548 e. The average molecular weight is 255 g/mol. The second kappa shape index (κ2) is 5.37. The molecule has 0 radical (unpaired) electrons. The van der Waals surface area contributed by atoms with Crippen molar-refractivity contribution in [3.63, 3.8) is 0 Å². The van der Waals surface area contributed by atoms with Crippen LogP contribution in [0.15, 0.2) is 12.3 Å². The summed E-state index contributed by atoms with van der Waals surface area (Å²) >= 11 is 0. The van der Waals surface area contributed by atoms with Crippen LogP contribution in [-0.4, -0.2) is 14.9 Å². The molecule has 0 saturated heterocycles. The molecule has 17 heavy (non-hydrogen) atoms. The topological polar surface area (TPSA) is 73.3 Å². The normalized spacial score (nSPS) is 9.94. The van der Waals surface area contributed by atoms with E-state index in [4.69, 9.17) is 5.26 Å². The Morgan fingerprint density at radius 1 is 1.47 bits per heavy atom. The SMILES string of the molecule is Cc1c(C)n2ccc(C#N)c2n1CC(=O)[O-].[K+]. The van der Waals surface area contributed by atoms with Crippen molar-refractivity contribution in [3.8, 4) is 6.07 Å². The molecule has 82 valence electrons. The molecule has 0 fully saturated rings. The second-order valence-electron chi connectivity index (χ2n) is 3.66. The van der Waals surface area contributed by atoms with E-state index in [1.165, 1.54) is 0 Å². The van der Waals surface area contributed by atoms with Crippen molar-refractivity contribution in [2.24, 2.45) is 0 Å². The van der Waals surface area contributed by atoms with Crippen LogP contribution in [0, 0.1) is 25.2 Å². The third-order valence-electron chi connectivity index (χ3n) is 2.81. The van der Waals surface area contributed by atoms with Crippen LogP contribution in [0.4, 0.5) is 0 Å². The van der Waals surface area contributed by atoms with E-state index in [1.54, 1.807) is 16.8 Å². The minimum absolute atomic E-state index is 0. The van der Waals surface area contributed by atoms with Gasteiger partial charge >= 0.3 is 51.4 Å². The first-order valence-electron chi connectivity index (χ1n) is 4.83. The predicted molar refractivity (Wildman–Crippen MR) is 54.6 cm³/mol. The van der Waals surface area contributed by atoms with E-state index in [0.717, 1.165) is 11.4 Å². The minimum atomic E-state index is -1.16. The number of rotatable bonds is 2. The number of carbonyl (C=O) groups excluding carboxylic acids is 1. The monoisotopic (exact) mass is 255 g/mol. The first kappa shape index (κ1) is 14.5. The predicted octanol–water partition coefficient (Wildman–Crippen LogP) is -3.02. The summed E-state index contributed by atoms with van der Waals surface area (Å²) in [5.41, 5.74) is 2.84. The van der Waals surface area contributed by atoms with Crippen molar-refractivity contribution in [2.45, 2.75) is 20.4 Å². The van der Waals surface area contributed by atoms with Crippen molar-refractivity contribution in [1.82, 2.24) is 8.97 Å². The third kappa shape index (κ3) is 2.34. The number of aromatic nitrogens is 2. The van der Waals surface area contributed by atoms with E-state index in [0.29, 0.717) is 11.2 Å². The molecule has 0 N–H and O–H groups in total. The number of carbonyl (C=O) groups is 1. The standard InChI is InChI=1S/C11H11N3O2.K/c1-7-8(2)14(6-10(15)16)11-9(5-12)3-4-13(7)11;/h3-4H,6H2,1-2H3,(H,15,16);/q;+1/p-1. The van der Waals surface area contributed by atoms with E-state index >= 15 is 0 Å². The van der Waals surface area contributed by atoms with Crippen LogP contribution in [0.1, 0.15) is 17.0 Å². The Hall–Kier alpha value is -0.584. The molecule has 0 atom stereocenters. The molecule has 0 spiro atoms. The summed E-state index contributed by atoms with van der Waals surface area (Å²) in [6.07, 6.45) is 1.77. The smallest absolute Gasteiger partial charge is 0.548 e. The summed E-state index contributed by atoms with van der Waals surface area (Å²) in [5.74, 6) is -1.16. The molecular weight excluding hydrogens is 245 g/mol. The molecule has 0 amide bonds.